The summed E-state index contributed by atoms with van der Waals surface area (Å²) in [5.74, 6) is 0.156. The normalized spacial score (nSPS) is 21.4. The maximum Gasteiger partial charge on any atom is 0.176 e. The summed E-state index contributed by atoms with van der Waals surface area (Å²) >= 11 is 9.18. The lowest BCUT2D eigenvalue weighted by molar-refractivity contribution is 0.0981. The van der Waals surface area contributed by atoms with Gasteiger partial charge in [-0.3, -0.25) is 4.79 Å². The highest BCUT2D eigenvalue weighted by atomic mass is 79.9. The molecule has 1 aliphatic carbocycles. The first-order chi connectivity index (χ1) is 6.18. The molecule has 1 aromatic carbocycles. The van der Waals surface area contributed by atoms with Crippen molar-refractivity contribution >= 4 is 33.3 Å². The van der Waals surface area contributed by atoms with Gasteiger partial charge >= 0.3 is 0 Å². The number of fused-ring (bicyclic) bond motifs is 1. The number of benzene rings is 1. The van der Waals surface area contributed by atoms with E-state index >= 15 is 0 Å². The van der Waals surface area contributed by atoms with Crippen LogP contribution >= 0.6 is 27.5 Å². The van der Waals surface area contributed by atoms with E-state index in [1.165, 1.54) is 0 Å². The lowest BCUT2D eigenvalue weighted by Crippen LogP contribution is -2.22. The van der Waals surface area contributed by atoms with Crippen LogP contribution in [0.15, 0.2) is 18.2 Å². The van der Waals surface area contributed by atoms with Gasteiger partial charge in [-0.05, 0) is 30.5 Å². The van der Waals surface area contributed by atoms with Gasteiger partial charge in [-0.25, -0.2) is 0 Å². The third-order valence-corrected chi connectivity index (χ3v) is 3.40. The molecule has 1 aliphatic rings. The molecule has 0 unspecified atom stereocenters. The van der Waals surface area contributed by atoms with Crippen LogP contribution in [0, 0.1) is 0 Å². The van der Waals surface area contributed by atoms with E-state index in [9.17, 15) is 4.79 Å². The largest absolute Gasteiger partial charge is 0.293 e. The number of hydrogen-bond donors (Lipinski definition) is 0. The van der Waals surface area contributed by atoms with Crippen molar-refractivity contribution in [2.24, 2.45) is 0 Å². The van der Waals surface area contributed by atoms with Crippen LogP contribution in [0.25, 0.3) is 0 Å². The lowest BCUT2D eigenvalue weighted by Gasteiger charge is -2.18. The molecular formula is C10H8BrClO. The number of carbonyl (C=O) groups is 1. The smallest absolute Gasteiger partial charge is 0.176 e. The van der Waals surface area contributed by atoms with E-state index in [1.54, 1.807) is 6.07 Å². The number of alkyl halides is 1. The van der Waals surface area contributed by atoms with Crippen LogP contribution in [-0.2, 0) is 6.42 Å². The van der Waals surface area contributed by atoms with Gasteiger partial charge in [0.05, 0.1) is 4.83 Å². The molecule has 0 aliphatic heterocycles. The van der Waals surface area contributed by atoms with Crippen molar-refractivity contribution in [1.29, 1.82) is 0 Å². The maximum absolute atomic E-state index is 11.7. The quantitative estimate of drug-likeness (QED) is 0.654. The molecule has 0 spiro atoms. The second-order valence-electron chi connectivity index (χ2n) is 3.17. The molecule has 0 aromatic heterocycles. The number of rotatable bonds is 0. The lowest BCUT2D eigenvalue weighted by atomic mass is 9.91. The fraction of sp³-hybridized carbons (Fsp3) is 0.300. The number of Topliss-reactive ketones (excluding diaryl/α,β-unsaturated/α-hetero) is 1. The standard InChI is InChI=1S/C10H8BrClO/c11-9-4-2-6-1-3-7(12)5-8(6)10(9)13/h1,3,5,9H,2,4H2/t9-/m0/s1. The molecule has 0 saturated carbocycles. The summed E-state index contributed by atoms with van der Waals surface area (Å²) in [6.07, 6.45) is 1.83. The van der Waals surface area contributed by atoms with E-state index in [-0.39, 0.29) is 10.6 Å². The second kappa shape index (κ2) is 3.43. The predicted molar refractivity (Wildman–Crippen MR) is 56.8 cm³/mol. The summed E-state index contributed by atoms with van der Waals surface area (Å²) in [5.41, 5.74) is 1.89. The minimum atomic E-state index is -0.0292. The molecule has 2 rings (SSSR count). The first kappa shape index (κ1) is 9.22. The average Bonchev–Trinajstić information content (AvgIpc) is 2.12. The van der Waals surface area contributed by atoms with Crippen molar-refractivity contribution in [1.82, 2.24) is 0 Å². The third kappa shape index (κ3) is 1.65. The molecule has 1 atom stereocenters. The molecule has 0 N–H and O–H groups in total. The van der Waals surface area contributed by atoms with Gasteiger partial charge in [0.2, 0.25) is 0 Å². The maximum atomic E-state index is 11.7. The van der Waals surface area contributed by atoms with Crippen molar-refractivity contribution in [3.05, 3.63) is 34.3 Å². The Morgan fingerprint density at radius 1 is 1.46 bits per heavy atom. The molecule has 0 fully saturated rings. The monoisotopic (exact) mass is 258 g/mol. The highest BCUT2D eigenvalue weighted by molar-refractivity contribution is 9.10. The van der Waals surface area contributed by atoms with Crippen molar-refractivity contribution in [2.75, 3.05) is 0 Å². The Kier molecular flexibility index (Phi) is 2.43. The van der Waals surface area contributed by atoms with Gasteiger partial charge in [0, 0.05) is 10.6 Å². The summed E-state index contributed by atoms with van der Waals surface area (Å²) in [7, 11) is 0. The van der Waals surface area contributed by atoms with E-state index in [1.807, 2.05) is 12.1 Å². The highest BCUT2D eigenvalue weighted by Gasteiger charge is 2.24. The van der Waals surface area contributed by atoms with Crippen LogP contribution < -0.4 is 0 Å². The van der Waals surface area contributed by atoms with E-state index in [0.29, 0.717) is 5.02 Å². The molecule has 1 aromatic rings. The van der Waals surface area contributed by atoms with Crippen molar-refractivity contribution in [2.45, 2.75) is 17.7 Å². The number of hydrogen-bond acceptors (Lipinski definition) is 1. The predicted octanol–water partition coefficient (Wildman–Crippen LogP) is 3.23. The Morgan fingerprint density at radius 3 is 3.00 bits per heavy atom. The average molecular weight is 260 g/mol. The number of aryl methyl sites for hydroxylation is 1. The van der Waals surface area contributed by atoms with Crippen molar-refractivity contribution < 1.29 is 4.79 Å². The van der Waals surface area contributed by atoms with Crippen LogP contribution in [-0.4, -0.2) is 10.6 Å². The van der Waals surface area contributed by atoms with Crippen molar-refractivity contribution in [3.63, 3.8) is 0 Å². The molecule has 0 heterocycles. The summed E-state index contributed by atoms with van der Waals surface area (Å²) in [4.78, 5) is 11.6. The van der Waals surface area contributed by atoms with Crippen LogP contribution in [0.4, 0.5) is 0 Å². The minimum absolute atomic E-state index is 0.0292. The van der Waals surface area contributed by atoms with E-state index < -0.39 is 0 Å². The van der Waals surface area contributed by atoms with Gasteiger partial charge in [-0.1, -0.05) is 33.6 Å². The molecule has 1 nitrogen and oxygen atoms in total. The topological polar surface area (TPSA) is 17.1 Å². The molecule has 0 bridgehead atoms. The Morgan fingerprint density at radius 2 is 2.23 bits per heavy atom. The van der Waals surface area contributed by atoms with Crippen LogP contribution in [0.3, 0.4) is 0 Å². The molecule has 13 heavy (non-hydrogen) atoms. The fourth-order valence-electron chi connectivity index (χ4n) is 1.58. The zero-order valence-corrected chi connectivity index (χ0v) is 9.23. The Bertz CT molecular complexity index is 362. The molecule has 3 heteroatoms. The molecule has 0 saturated heterocycles. The zero-order chi connectivity index (χ0) is 9.42. The van der Waals surface area contributed by atoms with E-state index in [2.05, 4.69) is 15.9 Å². The summed E-state index contributed by atoms with van der Waals surface area (Å²) in [6, 6.07) is 5.53. The van der Waals surface area contributed by atoms with Gasteiger partial charge < -0.3 is 0 Å². The fourth-order valence-corrected chi connectivity index (χ4v) is 2.23. The van der Waals surface area contributed by atoms with Crippen LogP contribution in [0.2, 0.25) is 5.02 Å². The molecular weight excluding hydrogens is 251 g/mol. The number of ketones is 1. The molecule has 0 amide bonds. The first-order valence-electron chi connectivity index (χ1n) is 4.15. The molecule has 68 valence electrons. The highest BCUT2D eigenvalue weighted by Crippen LogP contribution is 2.27. The number of carbonyl (C=O) groups excluding carboxylic acids is 1. The van der Waals surface area contributed by atoms with Gasteiger partial charge in [0.25, 0.3) is 0 Å². The van der Waals surface area contributed by atoms with E-state index in [0.717, 1.165) is 24.0 Å². The molecule has 0 radical (unpaired) electrons. The Balaban J connectivity index is 2.51. The number of halogens is 2. The van der Waals surface area contributed by atoms with Crippen LogP contribution in [0.1, 0.15) is 22.3 Å². The second-order valence-corrected chi connectivity index (χ2v) is 4.71. The SMILES string of the molecule is O=C1c2cc(Cl)ccc2CC[C@@H]1Br. The first-order valence-corrected chi connectivity index (χ1v) is 5.44. The Hall–Kier alpha value is -0.340. The minimum Gasteiger partial charge on any atom is -0.293 e. The van der Waals surface area contributed by atoms with E-state index in [4.69, 9.17) is 11.6 Å². The van der Waals surface area contributed by atoms with Gasteiger partial charge in [0.15, 0.2) is 5.78 Å². The zero-order valence-electron chi connectivity index (χ0n) is 6.89. The van der Waals surface area contributed by atoms with Gasteiger partial charge in [-0.2, -0.15) is 0 Å². The van der Waals surface area contributed by atoms with Crippen molar-refractivity contribution in [3.8, 4) is 0 Å². The third-order valence-electron chi connectivity index (χ3n) is 2.29. The van der Waals surface area contributed by atoms with Crippen LogP contribution in [0.5, 0.6) is 0 Å². The Labute approximate surface area is 90.2 Å². The summed E-state index contributed by atoms with van der Waals surface area (Å²) in [6.45, 7) is 0. The van der Waals surface area contributed by atoms with Gasteiger partial charge in [0.1, 0.15) is 0 Å². The van der Waals surface area contributed by atoms with Gasteiger partial charge in [-0.15, -0.1) is 0 Å². The summed E-state index contributed by atoms with van der Waals surface area (Å²) < 4.78 is 0. The summed E-state index contributed by atoms with van der Waals surface area (Å²) in [5, 5.41) is 0.633.